The van der Waals surface area contributed by atoms with E-state index in [4.69, 9.17) is 0 Å². The Morgan fingerprint density at radius 1 is 1.43 bits per heavy atom. The maximum Gasteiger partial charge on any atom is 0.229 e. The number of carbonyl (C=O) groups is 1. The van der Waals surface area contributed by atoms with Gasteiger partial charge in [0.15, 0.2) is 0 Å². The van der Waals surface area contributed by atoms with Gasteiger partial charge in [0, 0.05) is 6.04 Å². The second kappa shape index (κ2) is 7.17. The number of hydrogen-bond donors (Lipinski definition) is 2. The quantitative estimate of drug-likeness (QED) is 0.756. The van der Waals surface area contributed by atoms with Gasteiger partial charge >= 0.3 is 0 Å². The fourth-order valence-corrected chi connectivity index (χ4v) is 3.88. The van der Waals surface area contributed by atoms with Gasteiger partial charge in [-0.15, -0.1) is 0 Å². The summed E-state index contributed by atoms with van der Waals surface area (Å²) in [6, 6.07) is 6.44. The molecule has 0 spiro atoms. The van der Waals surface area contributed by atoms with Crippen LogP contribution in [0.3, 0.4) is 0 Å². The molecule has 2 N–H and O–H groups in total. The third-order valence-corrected chi connectivity index (χ3v) is 6.10. The number of aliphatic hydroxyl groups is 1. The number of aromatic nitrogens is 2. The molecule has 0 radical (unpaired) electrons. The molecule has 2 aromatic rings. The average Bonchev–Trinajstić information content (AvgIpc) is 3.43. The summed E-state index contributed by atoms with van der Waals surface area (Å²) in [6.45, 7) is 0.675. The number of fused-ring (bicyclic) bond motifs is 1. The van der Waals surface area contributed by atoms with Gasteiger partial charge in [-0.3, -0.25) is 10.1 Å². The van der Waals surface area contributed by atoms with Crippen molar-refractivity contribution in [3.63, 3.8) is 0 Å². The van der Waals surface area contributed by atoms with Crippen molar-refractivity contribution < 1.29 is 14.3 Å². The van der Waals surface area contributed by atoms with Gasteiger partial charge in [0.25, 0.3) is 0 Å². The van der Waals surface area contributed by atoms with E-state index in [1.165, 1.54) is 0 Å². The minimum absolute atomic E-state index is 0.152. The summed E-state index contributed by atoms with van der Waals surface area (Å²) in [4.78, 5) is 17.1. The van der Waals surface area contributed by atoms with Crippen molar-refractivity contribution in [1.82, 2.24) is 9.55 Å². The van der Waals surface area contributed by atoms with Gasteiger partial charge in [-0.25, -0.2) is 9.37 Å². The molecular formula is C21H25FN4O2. The topological polar surface area (TPSA) is 90.9 Å². The Labute approximate surface area is 163 Å². The average molecular weight is 384 g/mol. The van der Waals surface area contributed by atoms with Crippen LogP contribution in [0.5, 0.6) is 0 Å². The number of hydrogen-bond acceptors (Lipinski definition) is 4. The van der Waals surface area contributed by atoms with Crippen molar-refractivity contribution in [2.24, 2.45) is 0 Å². The number of amides is 1. The van der Waals surface area contributed by atoms with E-state index in [0.29, 0.717) is 22.9 Å². The van der Waals surface area contributed by atoms with Gasteiger partial charge in [-0.05, 0) is 56.1 Å². The largest absolute Gasteiger partial charge is 0.387 e. The minimum Gasteiger partial charge on any atom is -0.387 e. The van der Waals surface area contributed by atoms with Crippen LogP contribution in [0.4, 0.5) is 10.3 Å². The van der Waals surface area contributed by atoms with E-state index >= 15 is 0 Å². The van der Waals surface area contributed by atoms with Crippen molar-refractivity contribution >= 4 is 22.9 Å². The number of anilines is 1. The van der Waals surface area contributed by atoms with Crippen LogP contribution < -0.4 is 5.32 Å². The first-order valence-corrected chi connectivity index (χ1v) is 10.0. The summed E-state index contributed by atoms with van der Waals surface area (Å²) >= 11 is 0. The van der Waals surface area contributed by atoms with Crippen LogP contribution in [0.25, 0.3) is 11.0 Å². The summed E-state index contributed by atoms with van der Waals surface area (Å²) in [7, 11) is 0. The monoisotopic (exact) mass is 384 g/mol. The molecule has 1 atom stereocenters. The second-order valence-corrected chi connectivity index (χ2v) is 8.11. The van der Waals surface area contributed by atoms with Crippen molar-refractivity contribution in [2.75, 3.05) is 12.0 Å². The van der Waals surface area contributed by atoms with Crippen LogP contribution in [0, 0.1) is 11.3 Å². The van der Waals surface area contributed by atoms with E-state index in [1.54, 1.807) is 6.92 Å². The molecule has 0 aliphatic heterocycles. The van der Waals surface area contributed by atoms with E-state index in [-0.39, 0.29) is 18.9 Å². The Morgan fingerprint density at radius 3 is 2.71 bits per heavy atom. The van der Waals surface area contributed by atoms with E-state index in [1.807, 2.05) is 16.7 Å². The number of alkyl halides is 1. The third-order valence-electron chi connectivity index (χ3n) is 6.10. The van der Waals surface area contributed by atoms with E-state index < -0.39 is 18.2 Å². The Hall–Kier alpha value is -2.46. The molecule has 0 saturated heterocycles. The Morgan fingerprint density at radius 2 is 2.18 bits per heavy atom. The van der Waals surface area contributed by atoms with E-state index in [9.17, 15) is 19.6 Å². The Balaban J connectivity index is 1.74. The van der Waals surface area contributed by atoms with Gasteiger partial charge in [0.1, 0.15) is 18.3 Å². The fraction of sp³-hybridized carbons (Fsp3) is 0.571. The van der Waals surface area contributed by atoms with E-state index in [2.05, 4.69) is 16.4 Å². The van der Waals surface area contributed by atoms with Crippen LogP contribution in [0.1, 0.15) is 75.0 Å². The number of carbonyl (C=O) groups excluding carboxylic acids is 1. The molecule has 148 valence electrons. The Kier molecular flexibility index (Phi) is 4.84. The number of rotatable bonds is 7. The normalized spacial score (nSPS) is 19.1. The molecular weight excluding hydrogens is 359 g/mol. The van der Waals surface area contributed by atoms with Gasteiger partial charge in [0.2, 0.25) is 11.9 Å². The van der Waals surface area contributed by atoms with Gasteiger partial charge in [-0.2, -0.15) is 5.26 Å². The van der Waals surface area contributed by atoms with Crippen LogP contribution in [-0.2, 0) is 4.79 Å². The molecule has 7 heteroatoms. The summed E-state index contributed by atoms with van der Waals surface area (Å²) < 4.78 is 15.1. The first-order chi connectivity index (χ1) is 13.5. The standard InChI is InChI=1S/C21H25FN4O2/c1-2-21(28,12-22)10-18(27)25-20-24-17-9-8-15(13-6-7-13)16(11-23)19(17)26(20)14-4-3-5-14/h8-9,13-14,28H,2-7,10,12H2,1H3,(H,24,25,27). The molecule has 1 heterocycles. The number of halogens is 1. The van der Waals surface area contributed by atoms with Crippen molar-refractivity contribution in [2.45, 2.75) is 69.4 Å². The summed E-state index contributed by atoms with van der Waals surface area (Å²) in [5, 5.41) is 22.7. The molecule has 6 nitrogen and oxygen atoms in total. The highest BCUT2D eigenvalue weighted by Gasteiger charge is 2.33. The van der Waals surface area contributed by atoms with Crippen LogP contribution in [0.15, 0.2) is 12.1 Å². The SMILES string of the molecule is CCC(O)(CF)CC(=O)Nc1nc2ccc(C3CC3)c(C#N)c2n1C1CCC1. The third kappa shape index (κ3) is 3.26. The molecule has 4 rings (SSSR count). The molecule has 2 aliphatic rings. The number of nitrogens with one attached hydrogen (secondary N) is 1. The molecule has 1 amide bonds. The fourth-order valence-electron chi connectivity index (χ4n) is 3.88. The predicted octanol–water partition coefficient (Wildman–Crippen LogP) is 3.95. The zero-order chi connectivity index (χ0) is 19.9. The number of nitrogens with zero attached hydrogens (tertiary/aromatic N) is 3. The smallest absolute Gasteiger partial charge is 0.229 e. The van der Waals surface area contributed by atoms with Gasteiger partial charge in [0.05, 0.1) is 23.0 Å². The highest BCUT2D eigenvalue weighted by atomic mass is 19.1. The molecule has 1 unspecified atom stereocenters. The molecule has 2 aliphatic carbocycles. The molecule has 2 saturated carbocycles. The maximum atomic E-state index is 13.1. The maximum absolute atomic E-state index is 13.1. The number of imidazole rings is 1. The Bertz CT molecular complexity index is 949. The van der Waals surface area contributed by atoms with Crippen molar-refractivity contribution in [3.05, 3.63) is 23.3 Å². The molecule has 2 fully saturated rings. The lowest BCUT2D eigenvalue weighted by Crippen LogP contribution is -2.36. The number of nitriles is 1. The van der Waals surface area contributed by atoms with Gasteiger partial charge < -0.3 is 9.67 Å². The summed E-state index contributed by atoms with van der Waals surface area (Å²) in [6.07, 6.45) is 5.05. The van der Waals surface area contributed by atoms with Crippen LogP contribution in [-0.4, -0.2) is 32.8 Å². The van der Waals surface area contributed by atoms with Crippen molar-refractivity contribution in [3.8, 4) is 6.07 Å². The molecule has 1 aromatic carbocycles. The summed E-state index contributed by atoms with van der Waals surface area (Å²) in [5.74, 6) is 0.344. The predicted molar refractivity (Wildman–Crippen MR) is 104 cm³/mol. The molecule has 0 bridgehead atoms. The second-order valence-electron chi connectivity index (χ2n) is 8.11. The lowest BCUT2D eigenvalue weighted by atomic mass is 9.92. The highest BCUT2D eigenvalue weighted by molar-refractivity contribution is 5.93. The first-order valence-electron chi connectivity index (χ1n) is 10.0. The summed E-state index contributed by atoms with van der Waals surface area (Å²) in [5.41, 5.74) is 1.51. The van der Waals surface area contributed by atoms with Crippen LogP contribution >= 0.6 is 0 Å². The van der Waals surface area contributed by atoms with Crippen molar-refractivity contribution in [1.29, 1.82) is 5.26 Å². The molecule has 28 heavy (non-hydrogen) atoms. The lowest BCUT2D eigenvalue weighted by molar-refractivity contribution is -0.122. The van der Waals surface area contributed by atoms with Crippen LogP contribution in [0.2, 0.25) is 0 Å². The zero-order valence-corrected chi connectivity index (χ0v) is 16.0. The molecule has 1 aromatic heterocycles. The lowest BCUT2D eigenvalue weighted by Gasteiger charge is -2.29. The first kappa shape index (κ1) is 18.9. The highest BCUT2D eigenvalue weighted by Crippen LogP contribution is 2.45. The van der Waals surface area contributed by atoms with E-state index in [0.717, 1.165) is 43.2 Å². The minimum atomic E-state index is -1.66. The van der Waals surface area contributed by atoms with Gasteiger partial charge in [-0.1, -0.05) is 13.0 Å². The number of benzene rings is 1. The zero-order valence-electron chi connectivity index (χ0n) is 16.0.